The molecule has 140 valence electrons. The van der Waals surface area contributed by atoms with Crippen LogP contribution in [0, 0.1) is 55.4 Å². The van der Waals surface area contributed by atoms with Crippen molar-refractivity contribution in [2.24, 2.45) is 5.10 Å². The summed E-state index contributed by atoms with van der Waals surface area (Å²) in [6, 6.07) is 0. The van der Waals surface area contributed by atoms with Crippen molar-refractivity contribution >= 4 is 5.71 Å². The maximum absolute atomic E-state index is 5.05. The van der Waals surface area contributed by atoms with Crippen molar-refractivity contribution in [3.05, 3.63) is 56.8 Å². The third kappa shape index (κ3) is 2.91. The molecule has 0 saturated carbocycles. The normalized spacial score (nSPS) is 16.3. The minimum absolute atomic E-state index is 1.01. The third-order valence-corrected chi connectivity index (χ3v) is 6.33. The van der Waals surface area contributed by atoms with E-state index in [9.17, 15) is 0 Å². The highest BCUT2D eigenvalue weighted by Gasteiger charge is 2.18. The largest absolute Gasteiger partial charge is 0.293 e. The molecule has 0 saturated heterocycles. The maximum Gasteiger partial charge on any atom is 0.0859 e. The van der Waals surface area contributed by atoms with Gasteiger partial charge in [-0.25, -0.2) is 4.68 Å². The van der Waals surface area contributed by atoms with E-state index in [4.69, 9.17) is 5.10 Å². The molecule has 0 aromatic carbocycles. The van der Waals surface area contributed by atoms with Crippen LogP contribution in [-0.2, 0) is 0 Å². The van der Waals surface area contributed by atoms with Crippen LogP contribution in [0.4, 0.5) is 0 Å². The molecule has 2 heterocycles. The van der Waals surface area contributed by atoms with Crippen molar-refractivity contribution in [3.63, 3.8) is 0 Å². The zero-order chi connectivity index (χ0) is 19.2. The van der Waals surface area contributed by atoms with Gasteiger partial charge in [0.1, 0.15) is 0 Å². The Kier molecular flexibility index (Phi) is 4.87. The van der Waals surface area contributed by atoms with Crippen molar-refractivity contribution in [1.29, 1.82) is 0 Å². The van der Waals surface area contributed by atoms with Crippen molar-refractivity contribution < 1.29 is 0 Å². The highest BCUT2D eigenvalue weighted by atomic mass is 15.4. The Balaban J connectivity index is 2.02. The zero-order valence-electron chi connectivity index (χ0n) is 17.5. The fourth-order valence-corrected chi connectivity index (χ4v) is 3.78. The van der Waals surface area contributed by atoms with Crippen LogP contribution in [0.2, 0.25) is 0 Å². The number of hydrogen-bond acceptors (Lipinski definition) is 2. The first-order valence-corrected chi connectivity index (χ1v) is 9.59. The summed E-state index contributed by atoms with van der Waals surface area (Å²) in [6.07, 6.45) is 5.55. The highest BCUT2D eigenvalue weighted by molar-refractivity contribution is 6.01. The monoisotopic (exact) mass is 352 g/mol. The second kappa shape index (κ2) is 6.82. The van der Waals surface area contributed by atoms with Crippen molar-refractivity contribution in [3.8, 4) is 0 Å². The molecule has 0 radical (unpaired) electrons. The van der Waals surface area contributed by atoms with Gasteiger partial charge >= 0.3 is 0 Å². The second-order valence-electron chi connectivity index (χ2n) is 7.66. The Hall–Kier alpha value is -2.23. The number of aromatic nitrogens is 2. The van der Waals surface area contributed by atoms with Crippen LogP contribution in [0.1, 0.15) is 64.3 Å². The van der Waals surface area contributed by atoms with Crippen LogP contribution in [0.3, 0.4) is 0 Å². The standard InChI is InChI=1S/C22H32N4/c1-13-14(2)18(6)25(17(13)5)23-21-11-9-10-12-22(21)24-26-19(7)15(3)16(4)20(26)8/h11,23H,9-10,12H2,1-8H3. The van der Waals surface area contributed by atoms with E-state index in [2.05, 4.69) is 76.2 Å². The van der Waals surface area contributed by atoms with Crippen LogP contribution in [0.15, 0.2) is 16.9 Å². The number of hydrogen-bond donors (Lipinski definition) is 1. The first-order chi connectivity index (χ1) is 12.2. The topological polar surface area (TPSA) is 34.2 Å². The molecule has 4 heteroatoms. The Labute approximate surface area is 157 Å². The molecule has 1 aliphatic carbocycles. The molecule has 0 aliphatic heterocycles. The molecular formula is C22H32N4. The Morgan fingerprint density at radius 3 is 1.81 bits per heavy atom. The molecule has 2 aromatic heterocycles. The van der Waals surface area contributed by atoms with Gasteiger partial charge < -0.3 is 0 Å². The van der Waals surface area contributed by atoms with Crippen molar-refractivity contribution in [2.45, 2.75) is 74.7 Å². The molecule has 26 heavy (non-hydrogen) atoms. The molecule has 1 aliphatic rings. The van der Waals surface area contributed by atoms with Crippen LogP contribution in [0.25, 0.3) is 0 Å². The summed E-state index contributed by atoms with van der Waals surface area (Å²) in [5.41, 5.74) is 16.3. The number of rotatable bonds is 3. The summed E-state index contributed by atoms with van der Waals surface area (Å²) in [4.78, 5) is 0. The van der Waals surface area contributed by atoms with E-state index >= 15 is 0 Å². The fraction of sp³-hybridized carbons (Fsp3) is 0.500. The smallest absolute Gasteiger partial charge is 0.0859 e. The van der Waals surface area contributed by atoms with Gasteiger partial charge in [0.2, 0.25) is 0 Å². The van der Waals surface area contributed by atoms with E-state index in [1.807, 2.05) is 0 Å². The van der Waals surface area contributed by atoms with E-state index in [-0.39, 0.29) is 0 Å². The first kappa shape index (κ1) is 18.6. The quantitative estimate of drug-likeness (QED) is 0.802. The lowest BCUT2D eigenvalue weighted by Crippen LogP contribution is -2.25. The van der Waals surface area contributed by atoms with E-state index < -0.39 is 0 Å². The summed E-state index contributed by atoms with van der Waals surface area (Å²) in [5, 5.41) is 5.05. The summed E-state index contributed by atoms with van der Waals surface area (Å²) in [6.45, 7) is 17.4. The Morgan fingerprint density at radius 2 is 1.27 bits per heavy atom. The van der Waals surface area contributed by atoms with Crippen molar-refractivity contribution in [1.82, 2.24) is 9.35 Å². The van der Waals surface area contributed by atoms with Gasteiger partial charge in [-0.05, 0) is 96.9 Å². The zero-order valence-corrected chi connectivity index (χ0v) is 17.5. The maximum atomic E-state index is 5.05. The van der Waals surface area contributed by atoms with Gasteiger partial charge in [-0.15, -0.1) is 0 Å². The van der Waals surface area contributed by atoms with Gasteiger partial charge in [-0.1, -0.05) is 6.08 Å². The molecule has 3 rings (SSSR count). The van der Waals surface area contributed by atoms with Gasteiger partial charge in [-0.3, -0.25) is 10.1 Å². The molecular weight excluding hydrogens is 320 g/mol. The lowest BCUT2D eigenvalue weighted by atomic mass is 10.0. The predicted octanol–water partition coefficient (Wildman–Crippen LogP) is 5.27. The first-order valence-electron chi connectivity index (χ1n) is 9.59. The summed E-state index contributed by atoms with van der Waals surface area (Å²) < 4.78 is 4.33. The molecule has 0 amide bonds. The average Bonchev–Trinajstić information content (AvgIpc) is 2.93. The molecule has 2 aromatic rings. The van der Waals surface area contributed by atoms with E-state index in [1.54, 1.807) is 0 Å². The van der Waals surface area contributed by atoms with Crippen LogP contribution in [0.5, 0.6) is 0 Å². The molecule has 0 bridgehead atoms. The van der Waals surface area contributed by atoms with Gasteiger partial charge in [0.25, 0.3) is 0 Å². The van der Waals surface area contributed by atoms with Crippen LogP contribution < -0.4 is 5.43 Å². The highest BCUT2D eigenvalue weighted by Crippen LogP contribution is 2.24. The van der Waals surface area contributed by atoms with E-state index in [1.165, 1.54) is 45.0 Å². The second-order valence-corrected chi connectivity index (χ2v) is 7.66. The molecule has 4 nitrogen and oxygen atoms in total. The molecule has 0 spiro atoms. The van der Waals surface area contributed by atoms with E-state index in [0.29, 0.717) is 0 Å². The number of nitrogens with one attached hydrogen (secondary N) is 1. The SMILES string of the molecule is Cc1c(C)c(C)n(N=C2CCCC=C2Nn2c(C)c(C)c(C)c2C)c1C. The van der Waals surface area contributed by atoms with Gasteiger partial charge in [0, 0.05) is 22.8 Å². The number of allylic oxidation sites excluding steroid dienone is 2. The summed E-state index contributed by atoms with van der Waals surface area (Å²) in [7, 11) is 0. The lowest BCUT2D eigenvalue weighted by Gasteiger charge is -2.21. The fourth-order valence-electron chi connectivity index (χ4n) is 3.78. The minimum Gasteiger partial charge on any atom is -0.293 e. The predicted molar refractivity (Wildman–Crippen MR) is 111 cm³/mol. The Bertz CT molecular complexity index is 868. The van der Waals surface area contributed by atoms with Gasteiger partial charge in [0.15, 0.2) is 0 Å². The van der Waals surface area contributed by atoms with Crippen molar-refractivity contribution in [2.75, 3.05) is 5.43 Å². The minimum atomic E-state index is 1.01. The number of nitrogens with zero attached hydrogens (tertiary/aromatic N) is 3. The van der Waals surface area contributed by atoms with Crippen LogP contribution >= 0.6 is 0 Å². The molecule has 1 N–H and O–H groups in total. The molecule has 0 unspecified atom stereocenters. The molecule has 0 atom stereocenters. The van der Waals surface area contributed by atoms with E-state index in [0.717, 1.165) is 30.7 Å². The van der Waals surface area contributed by atoms with Gasteiger partial charge in [-0.2, -0.15) is 5.10 Å². The summed E-state index contributed by atoms with van der Waals surface area (Å²) >= 11 is 0. The summed E-state index contributed by atoms with van der Waals surface area (Å²) in [5.74, 6) is 0. The lowest BCUT2D eigenvalue weighted by molar-refractivity contribution is 0.771. The van der Waals surface area contributed by atoms with Gasteiger partial charge in [0.05, 0.1) is 11.4 Å². The Morgan fingerprint density at radius 1 is 0.769 bits per heavy atom. The molecule has 0 fully saturated rings. The third-order valence-electron chi connectivity index (χ3n) is 6.33. The van der Waals surface area contributed by atoms with Crippen LogP contribution in [-0.4, -0.2) is 15.1 Å². The average molecular weight is 353 g/mol.